The number of aryl methyl sites for hydroxylation is 1. The monoisotopic (exact) mass is 501 g/mol. The molecular formula is C29H24ClNO5. The molecule has 0 bridgehead atoms. The Hall–Kier alpha value is -4.03. The maximum atomic E-state index is 13.8. The van der Waals surface area contributed by atoms with Gasteiger partial charge in [-0.2, -0.15) is 0 Å². The zero-order chi connectivity index (χ0) is 25.4. The number of carbonyl (C=O) groups excluding carboxylic acids is 1. The van der Waals surface area contributed by atoms with E-state index in [2.05, 4.69) is 6.58 Å². The molecule has 1 aromatic heterocycles. The lowest BCUT2D eigenvalue weighted by molar-refractivity contribution is 0.0714. The highest BCUT2D eigenvalue weighted by atomic mass is 35.5. The number of hydrogen-bond acceptors (Lipinski definition) is 5. The lowest BCUT2D eigenvalue weighted by atomic mass is 9.98. The minimum absolute atomic E-state index is 0.0553. The fourth-order valence-corrected chi connectivity index (χ4v) is 4.64. The van der Waals surface area contributed by atoms with Crippen molar-refractivity contribution in [3.8, 4) is 11.5 Å². The second kappa shape index (κ2) is 9.55. The molecular weight excluding hydrogens is 478 g/mol. The molecule has 0 fully saturated rings. The quantitative estimate of drug-likeness (QED) is 0.287. The van der Waals surface area contributed by atoms with E-state index >= 15 is 0 Å². The molecule has 0 saturated heterocycles. The Morgan fingerprint density at radius 2 is 1.75 bits per heavy atom. The molecule has 0 saturated carbocycles. The predicted molar refractivity (Wildman–Crippen MR) is 139 cm³/mol. The highest BCUT2D eigenvalue weighted by molar-refractivity contribution is 6.32. The van der Waals surface area contributed by atoms with Gasteiger partial charge in [-0.1, -0.05) is 48.5 Å². The molecule has 182 valence electrons. The molecule has 6 nitrogen and oxygen atoms in total. The van der Waals surface area contributed by atoms with Crippen LogP contribution in [0.1, 0.15) is 38.9 Å². The molecule has 3 aromatic carbocycles. The largest absolute Gasteiger partial charge is 0.497 e. The van der Waals surface area contributed by atoms with E-state index in [0.717, 1.165) is 22.4 Å². The van der Waals surface area contributed by atoms with Crippen molar-refractivity contribution < 1.29 is 18.7 Å². The van der Waals surface area contributed by atoms with E-state index in [1.165, 1.54) is 0 Å². The SMILES string of the molecule is C=CCOc1ccc(C2c3c(oc4cc(C)c(Cl)cc4c3=O)C(=O)N2Cc2ccc(OC)cc2)cc1. The van der Waals surface area contributed by atoms with Crippen LogP contribution in [0.2, 0.25) is 5.02 Å². The van der Waals surface area contributed by atoms with Crippen LogP contribution in [0.5, 0.6) is 11.5 Å². The normalized spacial score (nSPS) is 14.7. The van der Waals surface area contributed by atoms with E-state index in [-0.39, 0.29) is 23.6 Å². The van der Waals surface area contributed by atoms with Crippen LogP contribution >= 0.6 is 11.6 Å². The van der Waals surface area contributed by atoms with Crippen LogP contribution < -0.4 is 14.9 Å². The summed E-state index contributed by atoms with van der Waals surface area (Å²) < 4.78 is 16.9. The fourth-order valence-electron chi connectivity index (χ4n) is 4.48. The first-order chi connectivity index (χ1) is 17.4. The summed E-state index contributed by atoms with van der Waals surface area (Å²) in [4.78, 5) is 29.1. The lowest BCUT2D eigenvalue weighted by Crippen LogP contribution is -2.29. The Bertz CT molecular complexity index is 1520. The van der Waals surface area contributed by atoms with Gasteiger partial charge < -0.3 is 18.8 Å². The third kappa shape index (κ3) is 4.14. The van der Waals surface area contributed by atoms with Crippen molar-refractivity contribution >= 4 is 28.5 Å². The van der Waals surface area contributed by atoms with Gasteiger partial charge in [0.1, 0.15) is 23.7 Å². The number of halogens is 1. The average Bonchev–Trinajstić information content (AvgIpc) is 3.16. The summed E-state index contributed by atoms with van der Waals surface area (Å²) in [6.07, 6.45) is 1.67. The van der Waals surface area contributed by atoms with E-state index in [4.69, 9.17) is 25.5 Å². The van der Waals surface area contributed by atoms with Crippen LogP contribution in [0.15, 0.2) is 82.5 Å². The second-order valence-electron chi connectivity index (χ2n) is 8.62. The summed E-state index contributed by atoms with van der Waals surface area (Å²) in [5, 5.41) is 0.814. The minimum Gasteiger partial charge on any atom is -0.497 e. The number of amides is 1. The summed E-state index contributed by atoms with van der Waals surface area (Å²) in [5.74, 6) is 1.10. The van der Waals surface area contributed by atoms with Crippen molar-refractivity contribution in [2.45, 2.75) is 19.5 Å². The van der Waals surface area contributed by atoms with Crippen LogP contribution in [-0.2, 0) is 6.54 Å². The lowest BCUT2D eigenvalue weighted by Gasteiger charge is -2.25. The van der Waals surface area contributed by atoms with E-state index in [1.807, 2.05) is 55.5 Å². The van der Waals surface area contributed by atoms with Gasteiger partial charge in [0.05, 0.1) is 24.1 Å². The maximum absolute atomic E-state index is 13.8. The molecule has 1 aliphatic heterocycles. The Labute approximate surface area is 213 Å². The summed E-state index contributed by atoms with van der Waals surface area (Å²) in [6, 6.07) is 17.5. The van der Waals surface area contributed by atoms with Gasteiger partial charge in [0.25, 0.3) is 5.91 Å². The zero-order valence-electron chi connectivity index (χ0n) is 19.9. The molecule has 1 aliphatic rings. The smallest absolute Gasteiger partial charge is 0.291 e. The van der Waals surface area contributed by atoms with E-state index in [0.29, 0.717) is 33.9 Å². The van der Waals surface area contributed by atoms with E-state index < -0.39 is 6.04 Å². The Balaban J connectivity index is 1.65. The highest BCUT2D eigenvalue weighted by Gasteiger charge is 2.42. The van der Waals surface area contributed by atoms with Crippen molar-refractivity contribution in [3.05, 3.63) is 117 Å². The molecule has 1 amide bonds. The van der Waals surface area contributed by atoms with Crippen molar-refractivity contribution in [2.24, 2.45) is 0 Å². The van der Waals surface area contributed by atoms with Crippen molar-refractivity contribution in [1.29, 1.82) is 0 Å². The highest BCUT2D eigenvalue weighted by Crippen LogP contribution is 2.40. The second-order valence-corrected chi connectivity index (χ2v) is 9.03. The van der Waals surface area contributed by atoms with Crippen LogP contribution in [0, 0.1) is 6.92 Å². The number of carbonyl (C=O) groups is 1. The number of fused-ring (bicyclic) bond motifs is 2. The van der Waals surface area contributed by atoms with Crippen LogP contribution in [0.3, 0.4) is 0 Å². The maximum Gasteiger partial charge on any atom is 0.291 e. The molecule has 4 aromatic rings. The van der Waals surface area contributed by atoms with Crippen molar-refractivity contribution in [1.82, 2.24) is 4.90 Å². The Kier molecular flexibility index (Phi) is 6.29. The number of ether oxygens (including phenoxy) is 2. The van der Waals surface area contributed by atoms with Gasteiger partial charge in [-0.25, -0.2) is 0 Å². The zero-order valence-corrected chi connectivity index (χ0v) is 20.7. The number of methoxy groups -OCH3 is 1. The van der Waals surface area contributed by atoms with Gasteiger partial charge in [-0.15, -0.1) is 0 Å². The Morgan fingerprint density at radius 3 is 2.42 bits per heavy atom. The summed E-state index contributed by atoms with van der Waals surface area (Å²) >= 11 is 6.32. The third-order valence-corrected chi connectivity index (χ3v) is 6.73. The number of hydrogen-bond donors (Lipinski definition) is 0. The fraction of sp³-hybridized carbons (Fsp3) is 0.172. The minimum atomic E-state index is -0.635. The molecule has 0 radical (unpaired) electrons. The number of nitrogens with zero attached hydrogens (tertiary/aromatic N) is 1. The van der Waals surface area contributed by atoms with Crippen molar-refractivity contribution in [3.63, 3.8) is 0 Å². The topological polar surface area (TPSA) is 69.0 Å². The standard InChI is InChI=1S/C29H24ClNO5/c1-4-13-35-21-11-7-19(8-12-21)26-25-27(32)22-15-23(30)17(2)14-24(22)36-28(25)29(33)31(26)16-18-5-9-20(34-3)10-6-18/h4-12,14-15,26H,1,13,16H2,2-3H3. The van der Waals surface area contributed by atoms with Gasteiger partial charge >= 0.3 is 0 Å². The van der Waals surface area contributed by atoms with Gasteiger partial charge in [0.2, 0.25) is 5.76 Å². The third-order valence-electron chi connectivity index (χ3n) is 6.32. The Morgan fingerprint density at radius 1 is 1.06 bits per heavy atom. The van der Waals surface area contributed by atoms with Crippen LogP contribution in [0.25, 0.3) is 11.0 Å². The molecule has 0 aliphatic carbocycles. The molecule has 36 heavy (non-hydrogen) atoms. The van der Waals surface area contributed by atoms with Crippen molar-refractivity contribution in [2.75, 3.05) is 13.7 Å². The van der Waals surface area contributed by atoms with Gasteiger partial charge in [0, 0.05) is 11.6 Å². The summed E-state index contributed by atoms with van der Waals surface area (Å²) in [6.45, 7) is 6.15. The molecule has 1 atom stereocenters. The number of rotatable bonds is 7. The van der Waals surface area contributed by atoms with Gasteiger partial charge in [-0.05, 0) is 60.0 Å². The summed E-state index contributed by atoms with van der Waals surface area (Å²) in [5.41, 5.74) is 2.80. The first-order valence-electron chi connectivity index (χ1n) is 11.5. The first kappa shape index (κ1) is 23.7. The summed E-state index contributed by atoms with van der Waals surface area (Å²) in [7, 11) is 1.60. The molecule has 7 heteroatoms. The van der Waals surface area contributed by atoms with Gasteiger partial charge in [0.15, 0.2) is 5.43 Å². The van der Waals surface area contributed by atoms with Crippen LogP contribution in [-0.4, -0.2) is 24.5 Å². The van der Waals surface area contributed by atoms with E-state index in [9.17, 15) is 9.59 Å². The number of benzene rings is 3. The molecule has 0 N–H and O–H groups in total. The van der Waals surface area contributed by atoms with Crippen LogP contribution in [0.4, 0.5) is 0 Å². The van der Waals surface area contributed by atoms with E-state index in [1.54, 1.807) is 30.2 Å². The average molecular weight is 502 g/mol. The molecule has 5 rings (SSSR count). The first-order valence-corrected chi connectivity index (χ1v) is 11.8. The molecule has 0 spiro atoms. The molecule has 2 heterocycles. The molecule has 1 unspecified atom stereocenters. The predicted octanol–water partition coefficient (Wildman–Crippen LogP) is 6.07. The van der Waals surface area contributed by atoms with Gasteiger partial charge in [-0.3, -0.25) is 9.59 Å².